The van der Waals surface area contributed by atoms with Crippen LogP contribution in [0.2, 0.25) is 0 Å². The maximum absolute atomic E-state index is 5.44. The molecule has 0 amide bonds. The van der Waals surface area contributed by atoms with Crippen molar-refractivity contribution in [2.24, 2.45) is 0 Å². The topological polar surface area (TPSA) is 104 Å². The van der Waals surface area contributed by atoms with Gasteiger partial charge < -0.3 is 20.3 Å². The summed E-state index contributed by atoms with van der Waals surface area (Å²) >= 11 is 1.57. The van der Waals surface area contributed by atoms with Crippen molar-refractivity contribution in [2.75, 3.05) is 54.6 Å². The van der Waals surface area contributed by atoms with Crippen molar-refractivity contribution in [3.05, 3.63) is 54.4 Å². The van der Waals surface area contributed by atoms with E-state index in [1.165, 1.54) is 11.3 Å². The first-order chi connectivity index (χ1) is 16.3. The minimum atomic E-state index is 0.518. The summed E-state index contributed by atoms with van der Waals surface area (Å²) in [4.78, 5) is 15.8. The standard InChI is InChI=1S/C23H26N8OS/c1-33-22-19-20(25-11-8-16-6-9-24-10-7-16)27-23(28-21(19)29-30-22)26-17-2-4-18(5-3-17)31-12-14-32-15-13-31/h2-7,9-10H,8,11-15H2,1H3,(H3,25,26,27,28,29,30). The number of fused-ring (bicyclic) bond motifs is 1. The lowest BCUT2D eigenvalue weighted by atomic mass is 10.2. The molecule has 33 heavy (non-hydrogen) atoms. The van der Waals surface area contributed by atoms with Gasteiger partial charge in [-0.25, -0.2) is 0 Å². The molecule has 170 valence electrons. The largest absolute Gasteiger partial charge is 0.378 e. The maximum atomic E-state index is 5.44. The number of anilines is 4. The van der Waals surface area contributed by atoms with Crippen LogP contribution >= 0.6 is 11.8 Å². The summed E-state index contributed by atoms with van der Waals surface area (Å²) in [6.45, 7) is 4.11. The lowest BCUT2D eigenvalue weighted by Gasteiger charge is -2.28. The monoisotopic (exact) mass is 462 g/mol. The molecular formula is C23H26N8OS. The summed E-state index contributed by atoms with van der Waals surface area (Å²) in [7, 11) is 0. The number of morpholine rings is 1. The van der Waals surface area contributed by atoms with E-state index in [0.717, 1.165) is 61.2 Å². The predicted octanol–water partition coefficient (Wildman–Crippen LogP) is 3.70. The van der Waals surface area contributed by atoms with Crippen LogP contribution in [0.4, 0.5) is 23.1 Å². The zero-order valence-corrected chi connectivity index (χ0v) is 19.2. The summed E-state index contributed by atoms with van der Waals surface area (Å²) in [5, 5.41) is 16.0. The molecule has 3 N–H and O–H groups in total. The van der Waals surface area contributed by atoms with Crippen molar-refractivity contribution in [3.8, 4) is 0 Å². The Morgan fingerprint density at radius 3 is 2.61 bits per heavy atom. The fourth-order valence-corrected chi connectivity index (χ4v) is 4.35. The highest BCUT2D eigenvalue weighted by atomic mass is 32.2. The van der Waals surface area contributed by atoms with E-state index < -0.39 is 0 Å². The van der Waals surface area contributed by atoms with Crippen LogP contribution in [0.25, 0.3) is 11.0 Å². The summed E-state index contributed by atoms with van der Waals surface area (Å²) in [6.07, 6.45) is 6.49. The molecule has 10 heteroatoms. The number of hydrogen-bond donors (Lipinski definition) is 3. The fraction of sp³-hybridized carbons (Fsp3) is 0.304. The van der Waals surface area contributed by atoms with Crippen molar-refractivity contribution in [3.63, 3.8) is 0 Å². The SMILES string of the molecule is CSc1n[nH]c2nc(Nc3ccc(N4CCOCC4)cc3)nc(NCCc3ccncc3)c12. The summed E-state index contributed by atoms with van der Waals surface area (Å²) in [5.74, 6) is 1.28. The maximum Gasteiger partial charge on any atom is 0.231 e. The Kier molecular flexibility index (Phi) is 6.54. The molecule has 0 spiro atoms. The minimum Gasteiger partial charge on any atom is -0.378 e. The predicted molar refractivity (Wildman–Crippen MR) is 133 cm³/mol. The third-order valence-corrected chi connectivity index (χ3v) is 6.22. The van der Waals surface area contributed by atoms with Crippen LogP contribution in [-0.2, 0) is 11.2 Å². The molecule has 1 fully saturated rings. The van der Waals surface area contributed by atoms with Crippen LogP contribution in [0.5, 0.6) is 0 Å². The van der Waals surface area contributed by atoms with Gasteiger partial charge in [0.25, 0.3) is 0 Å². The third kappa shape index (κ3) is 5.01. The van der Waals surface area contributed by atoms with Gasteiger partial charge in [-0.3, -0.25) is 10.1 Å². The molecular weight excluding hydrogens is 436 g/mol. The van der Waals surface area contributed by atoms with Gasteiger partial charge >= 0.3 is 0 Å². The molecule has 0 radical (unpaired) electrons. The number of nitrogens with zero attached hydrogens (tertiary/aromatic N) is 5. The third-order valence-electron chi connectivity index (χ3n) is 5.53. The Bertz CT molecular complexity index is 1190. The first kappa shape index (κ1) is 21.5. The number of hydrogen-bond acceptors (Lipinski definition) is 9. The van der Waals surface area contributed by atoms with Gasteiger partial charge in [-0.2, -0.15) is 15.1 Å². The number of nitrogens with one attached hydrogen (secondary N) is 3. The first-order valence-corrected chi connectivity index (χ1v) is 12.2. The average molecular weight is 463 g/mol. The lowest BCUT2D eigenvalue weighted by Crippen LogP contribution is -2.36. The Morgan fingerprint density at radius 2 is 1.85 bits per heavy atom. The van der Waals surface area contributed by atoms with Crippen LogP contribution in [0.15, 0.2) is 53.8 Å². The van der Waals surface area contributed by atoms with Gasteiger partial charge in [0.1, 0.15) is 10.8 Å². The minimum absolute atomic E-state index is 0.518. The highest BCUT2D eigenvalue weighted by Gasteiger charge is 2.15. The molecule has 1 aliphatic rings. The van der Waals surface area contributed by atoms with Gasteiger partial charge in [0.15, 0.2) is 5.65 Å². The number of benzene rings is 1. The van der Waals surface area contributed by atoms with Crippen molar-refractivity contribution in [1.82, 2.24) is 25.1 Å². The second-order valence-corrected chi connectivity index (χ2v) is 8.45. The number of H-pyrrole nitrogens is 1. The van der Waals surface area contributed by atoms with Gasteiger partial charge in [0, 0.05) is 43.4 Å². The Morgan fingerprint density at radius 1 is 1.06 bits per heavy atom. The average Bonchev–Trinajstić information content (AvgIpc) is 3.29. The number of aromatic nitrogens is 5. The zero-order chi connectivity index (χ0) is 22.5. The van der Waals surface area contributed by atoms with Gasteiger partial charge in [-0.15, -0.1) is 11.8 Å². The summed E-state index contributed by atoms with van der Waals surface area (Å²) in [5.41, 5.74) is 4.04. The molecule has 0 saturated carbocycles. The van der Waals surface area contributed by atoms with Crippen LogP contribution in [0.3, 0.4) is 0 Å². The first-order valence-electron chi connectivity index (χ1n) is 10.9. The van der Waals surface area contributed by atoms with Crippen molar-refractivity contribution >= 4 is 45.9 Å². The van der Waals surface area contributed by atoms with E-state index in [1.54, 1.807) is 11.8 Å². The molecule has 4 heterocycles. The normalized spacial score (nSPS) is 13.9. The molecule has 9 nitrogen and oxygen atoms in total. The Labute approximate surface area is 196 Å². The number of thioether (sulfide) groups is 1. The van der Waals surface area contributed by atoms with Crippen LogP contribution in [0.1, 0.15) is 5.56 Å². The molecule has 0 unspecified atom stereocenters. The van der Waals surface area contributed by atoms with E-state index in [4.69, 9.17) is 9.72 Å². The highest BCUT2D eigenvalue weighted by Crippen LogP contribution is 2.30. The zero-order valence-electron chi connectivity index (χ0n) is 18.4. The van der Waals surface area contributed by atoms with Gasteiger partial charge in [0.2, 0.25) is 5.95 Å². The quantitative estimate of drug-likeness (QED) is 0.338. The second-order valence-electron chi connectivity index (χ2n) is 7.66. The molecule has 0 aliphatic carbocycles. The molecule has 1 saturated heterocycles. The molecule has 0 atom stereocenters. The van der Waals surface area contributed by atoms with E-state index >= 15 is 0 Å². The molecule has 3 aromatic heterocycles. The van der Waals surface area contributed by atoms with E-state index in [9.17, 15) is 0 Å². The molecule has 5 rings (SSSR count). The van der Waals surface area contributed by atoms with E-state index in [1.807, 2.05) is 30.8 Å². The number of ether oxygens (including phenoxy) is 1. The van der Waals surface area contributed by atoms with E-state index in [-0.39, 0.29) is 0 Å². The van der Waals surface area contributed by atoms with Crippen LogP contribution in [-0.4, -0.2) is 64.3 Å². The van der Waals surface area contributed by atoms with Gasteiger partial charge in [-0.05, 0) is 54.6 Å². The summed E-state index contributed by atoms with van der Waals surface area (Å²) in [6, 6.07) is 12.4. The van der Waals surface area contributed by atoms with Crippen molar-refractivity contribution < 1.29 is 4.74 Å². The Hall–Kier alpha value is -3.37. The molecule has 1 aromatic carbocycles. The second kappa shape index (κ2) is 10.1. The highest BCUT2D eigenvalue weighted by molar-refractivity contribution is 7.98. The fourth-order valence-electron chi connectivity index (χ4n) is 3.82. The number of aromatic amines is 1. The van der Waals surface area contributed by atoms with E-state index in [2.05, 4.69) is 60.0 Å². The van der Waals surface area contributed by atoms with E-state index in [0.29, 0.717) is 11.6 Å². The molecule has 4 aromatic rings. The van der Waals surface area contributed by atoms with Crippen molar-refractivity contribution in [2.45, 2.75) is 11.4 Å². The van der Waals surface area contributed by atoms with Gasteiger partial charge in [0.05, 0.1) is 18.6 Å². The molecule has 0 bridgehead atoms. The summed E-state index contributed by atoms with van der Waals surface area (Å²) < 4.78 is 5.44. The van der Waals surface area contributed by atoms with Crippen molar-refractivity contribution in [1.29, 1.82) is 0 Å². The smallest absolute Gasteiger partial charge is 0.231 e. The van der Waals surface area contributed by atoms with Crippen LogP contribution in [0, 0.1) is 0 Å². The lowest BCUT2D eigenvalue weighted by molar-refractivity contribution is 0.122. The number of rotatable bonds is 8. The van der Waals surface area contributed by atoms with Gasteiger partial charge in [-0.1, -0.05) is 0 Å². The van der Waals surface area contributed by atoms with Crippen LogP contribution < -0.4 is 15.5 Å². The molecule has 1 aliphatic heterocycles. The Balaban J connectivity index is 1.34. The number of pyridine rings is 1.